The van der Waals surface area contributed by atoms with Crippen molar-refractivity contribution in [3.8, 4) is 0 Å². The smallest absolute Gasteiger partial charge is 0.374 e. The van der Waals surface area contributed by atoms with E-state index < -0.39 is 89.5 Å². The Morgan fingerprint density at radius 1 is 0.550 bits per heavy atom. The normalized spacial score (nSPS) is 39.9. The first kappa shape index (κ1) is 33.4. The molecule has 4 rings (SSSR count). The van der Waals surface area contributed by atoms with Crippen molar-refractivity contribution in [3.63, 3.8) is 0 Å². The Balaban J connectivity index is 0.000000222. The highest BCUT2D eigenvalue weighted by molar-refractivity contribution is 5.15. The van der Waals surface area contributed by atoms with Crippen LogP contribution < -0.4 is 0 Å². The maximum Gasteiger partial charge on any atom is 0.403 e. The first-order valence-corrected chi connectivity index (χ1v) is 12.5. The van der Waals surface area contributed by atoms with E-state index in [1.165, 1.54) is 13.8 Å². The van der Waals surface area contributed by atoms with Gasteiger partial charge in [-0.15, -0.1) is 0 Å². The minimum atomic E-state index is -5.85. The molecule has 0 spiro atoms. The van der Waals surface area contributed by atoms with Crippen LogP contribution in [0.5, 0.6) is 0 Å². The van der Waals surface area contributed by atoms with E-state index in [1.807, 2.05) is 6.92 Å². The summed E-state index contributed by atoms with van der Waals surface area (Å²) in [4.78, 5) is 0. The van der Waals surface area contributed by atoms with Gasteiger partial charge in [0.15, 0.2) is 10.8 Å². The predicted molar refractivity (Wildman–Crippen MR) is 111 cm³/mol. The van der Waals surface area contributed by atoms with Crippen molar-refractivity contribution in [1.82, 2.24) is 0 Å². The fraction of sp³-hybridized carbons (Fsp3) is 1.00. The van der Waals surface area contributed by atoms with Gasteiger partial charge in [0.1, 0.15) is 6.10 Å². The Morgan fingerprint density at radius 3 is 1.27 bits per heavy atom. The van der Waals surface area contributed by atoms with Crippen LogP contribution in [0.4, 0.5) is 61.5 Å². The molecule has 0 aromatic heterocycles. The third kappa shape index (κ3) is 4.50. The summed E-state index contributed by atoms with van der Waals surface area (Å²) in [5.74, 6) is -10.6. The molecule has 2 nitrogen and oxygen atoms in total. The van der Waals surface area contributed by atoms with E-state index in [0.29, 0.717) is 0 Å². The van der Waals surface area contributed by atoms with Crippen molar-refractivity contribution < 1.29 is 70.9 Å². The minimum Gasteiger partial charge on any atom is -0.374 e. The summed E-state index contributed by atoms with van der Waals surface area (Å²) in [6.45, 7) is 6.22. The number of ether oxygens (including phenoxy) is 2. The highest BCUT2D eigenvalue weighted by Gasteiger charge is 2.82. The topological polar surface area (TPSA) is 18.5 Å². The molecule has 0 N–H and O–H groups in total. The molecule has 0 amide bonds. The highest BCUT2D eigenvalue weighted by Crippen LogP contribution is 2.67. The quantitative estimate of drug-likeness (QED) is 0.290. The maximum atomic E-state index is 14.2. The summed E-state index contributed by atoms with van der Waals surface area (Å²) in [7, 11) is 0. The zero-order valence-electron chi connectivity index (χ0n) is 22.1. The van der Waals surface area contributed by atoms with Crippen molar-refractivity contribution in [2.24, 2.45) is 46.3 Å². The second-order valence-electron chi connectivity index (χ2n) is 12.0. The van der Waals surface area contributed by atoms with Crippen LogP contribution in [0.15, 0.2) is 0 Å². The maximum absolute atomic E-state index is 14.2. The fourth-order valence-electron chi connectivity index (χ4n) is 6.79. The van der Waals surface area contributed by atoms with Crippen LogP contribution in [-0.2, 0) is 9.47 Å². The van der Waals surface area contributed by atoms with Gasteiger partial charge in [-0.2, -0.15) is 52.7 Å². The van der Waals surface area contributed by atoms with Gasteiger partial charge in [-0.05, 0) is 43.9 Å². The molecule has 4 heterocycles. The monoisotopic (exact) mass is 616 g/mol. The minimum absolute atomic E-state index is 0.00645. The Bertz CT molecular complexity index is 906. The van der Waals surface area contributed by atoms with Crippen LogP contribution in [0.1, 0.15) is 48.0 Å². The molecule has 0 radical (unpaired) electrons. The zero-order valence-corrected chi connectivity index (χ0v) is 22.1. The number of rotatable bonds is 2. The van der Waals surface area contributed by atoms with E-state index >= 15 is 0 Å². The lowest BCUT2D eigenvalue weighted by molar-refractivity contribution is -0.372. The van der Waals surface area contributed by atoms with Crippen molar-refractivity contribution in [2.45, 2.75) is 103 Å². The Hall–Kier alpha value is -1.06. The molecule has 40 heavy (non-hydrogen) atoms. The van der Waals surface area contributed by atoms with Gasteiger partial charge < -0.3 is 9.47 Å². The molecule has 4 saturated heterocycles. The van der Waals surface area contributed by atoms with Crippen LogP contribution in [0.3, 0.4) is 0 Å². The average Bonchev–Trinajstić information content (AvgIpc) is 3.45. The largest absolute Gasteiger partial charge is 0.403 e. The number of hydrogen-bond donors (Lipinski definition) is 0. The van der Waals surface area contributed by atoms with Crippen LogP contribution in [0, 0.1) is 46.3 Å². The molecule has 4 fully saturated rings. The number of hydrogen-bond acceptors (Lipinski definition) is 2. The summed E-state index contributed by atoms with van der Waals surface area (Å²) >= 11 is 0. The van der Waals surface area contributed by atoms with Crippen LogP contribution in [0.2, 0.25) is 0 Å². The Kier molecular flexibility index (Phi) is 7.92. The van der Waals surface area contributed by atoms with E-state index in [9.17, 15) is 61.5 Å². The molecule has 16 heteroatoms. The third-order valence-electron chi connectivity index (χ3n) is 10.1. The molecular weight excluding hydrogens is 586 g/mol. The van der Waals surface area contributed by atoms with Gasteiger partial charge in [-0.25, -0.2) is 8.78 Å². The van der Waals surface area contributed by atoms with Gasteiger partial charge in [0.05, 0.1) is 24.2 Å². The lowest BCUT2D eigenvalue weighted by Gasteiger charge is -2.46. The molecule has 10 atom stereocenters. The van der Waals surface area contributed by atoms with E-state index in [0.717, 1.165) is 0 Å². The molecule has 0 aromatic carbocycles. The average molecular weight is 616 g/mol. The van der Waals surface area contributed by atoms with E-state index in [-0.39, 0.29) is 32.1 Å². The van der Waals surface area contributed by atoms with Crippen molar-refractivity contribution in [2.75, 3.05) is 0 Å². The third-order valence-corrected chi connectivity index (χ3v) is 10.1. The van der Waals surface area contributed by atoms with Crippen molar-refractivity contribution in [1.29, 1.82) is 0 Å². The van der Waals surface area contributed by atoms with E-state index in [1.54, 1.807) is 6.92 Å². The number of fused-ring (bicyclic) bond motifs is 4. The standard InChI is InChI=1S/C12H14F8O.C12H16F6O/c1-4-5(2)8-10(13,14)7(6(4)21-8)9(3,11(15,16)17)12(18,19)20;1-5-6(2)9-7(4-8(5)19-9)10(3,11(13,14)15)12(16,17)18/h4-8H,1-3H3;5-9H,4H2,1-3H3. The molecule has 0 saturated carbocycles. The number of halogens is 14. The summed E-state index contributed by atoms with van der Waals surface area (Å²) in [6.07, 6.45) is -27.7. The second-order valence-corrected chi connectivity index (χ2v) is 12.0. The first-order valence-electron chi connectivity index (χ1n) is 12.5. The predicted octanol–water partition coefficient (Wildman–Crippen LogP) is 8.60. The Labute approximate surface area is 221 Å². The second kappa shape index (κ2) is 9.47. The van der Waals surface area contributed by atoms with Gasteiger partial charge in [0.2, 0.25) is 0 Å². The zero-order chi connectivity index (χ0) is 31.4. The summed E-state index contributed by atoms with van der Waals surface area (Å²) in [6, 6.07) is 0. The highest BCUT2D eigenvalue weighted by atomic mass is 19.4. The van der Waals surface area contributed by atoms with Gasteiger partial charge in [0, 0.05) is 5.92 Å². The molecule has 4 aliphatic rings. The lowest BCUT2D eigenvalue weighted by atomic mass is 9.62. The SMILES string of the molecule is CC1C(C)C2OC1C(C(C)(C(F)(F)F)C(F)(F)F)C2(F)F.CC1C2CC(C(C)(C(F)(F)F)C(F)(F)F)C(O2)C1C. The van der Waals surface area contributed by atoms with Gasteiger partial charge in [-0.3, -0.25) is 0 Å². The van der Waals surface area contributed by atoms with E-state index in [2.05, 4.69) is 0 Å². The van der Waals surface area contributed by atoms with E-state index in [4.69, 9.17) is 9.47 Å². The lowest BCUT2D eigenvalue weighted by Crippen LogP contribution is -2.63. The van der Waals surface area contributed by atoms with Gasteiger partial charge >= 0.3 is 24.7 Å². The first-order chi connectivity index (χ1) is 17.6. The molecule has 0 aliphatic carbocycles. The van der Waals surface area contributed by atoms with Crippen LogP contribution in [-0.4, -0.2) is 55.0 Å². The van der Waals surface area contributed by atoms with Crippen LogP contribution in [0.25, 0.3) is 0 Å². The van der Waals surface area contributed by atoms with Gasteiger partial charge in [-0.1, -0.05) is 27.7 Å². The Morgan fingerprint density at radius 2 is 0.950 bits per heavy atom. The van der Waals surface area contributed by atoms with Crippen molar-refractivity contribution in [3.05, 3.63) is 0 Å². The molecule has 10 unspecified atom stereocenters. The molecule has 4 bridgehead atoms. The molecule has 4 aliphatic heterocycles. The summed E-state index contributed by atoms with van der Waals surface area (Å²) in [5.41, 5.74) is -8.22. The summed E-state index contributed by atoms with van der Waals surface area (Å²) < 4.78 is 195. The van der Waals surface area contributed by atoms with Gasteiger partial charge in [0.25, 0.3) is 5.92 Å². The van der Waals surface area contributed by atoms with Crippen molar-refractivity contribution >= 4 is 0 Å². The molecule has 236 valence electrons. The molecular formula is C24H30F14O2. The van der Waals surface area contributed by atoms with Crippen LogP contribution >= 0.6 is 0 Å². The summed E-state index contributed by atoms with van der Waals surface area (Å²) in [5, 5.41) is 0. The fourth-order valence-corrected chi connectivity index (χ4v) is 6.79. The number of alkyl halides is 14. The molecule has 0 aromatic rings.